The van der Waals surface area contributed by atoms with Crippen molar-refractivity contribution in [1.82, 2.24) is 15.2 Å². The third-order valence-electron chi connectivity index (χ3n) is 3.75. The number of nitrogens with one attached hydrogen (secondary N) is 1. The Morgan fingerprint density at radius 3 is 2.54 bits per heavy atom. The van der Waals surface area contributed by atoms with Crippen molar-refractivity contribution in [2.45, 2.75) is 33.4 Å². The van der Waals surface area contributed by atoms with Gasteiger partial charge in [0, 0.05) is 23.5 Å². The van der Waals surface area contributed by atoms with E-state index in [2.05, 4.69) is 15.2 Å². The summed E-state index contributed by atoms with van der Waals surface area (Å²) < 4.78 is 4.71. The van der Waals surface area contributed by atoms with Crippen molar-refractivity contribution in [3.63, 3.8) is 0 Å². The van der Waals surface area contributed by atoms with E-state index in [1.807, 2.05) is 38.3 Å². The van der Waals surface area contributed by atoms with E-state index in [0.29, 0.717) is 18.7 Å². The molecule has 0 bridgehead atoms. The largest absolute Gasteiger partial charge is 0.465 e. The summed E-state index contributed by atoms with van der Waals surface area (Å²) in [4.78, 5) is 30.2. The molecule has 0 unspecified atom stereocenters. The summed E-state index contributed by atoms with van der Waals surface area (Å²) >= 11 is 1.55. The third kappa shape index (κ3) is 5.64. The van der Waals surface area contributed by atoms with E-state index in [1.165, 1.54) is 7.11 Å². The summed E-state index contributed by atoms with van der Waals surface area (Å²) in [5.74, 6) is -0.328. The second kappa shape index (κ2) is 9.45. The van der Waals surface area contributed by atoms with Crippen LogP contribution in [0.25, 0.3) is 10.6 Å². The highest BCUT2D eigenvalue weighted by molar-refractivity contribution is 7.13. The van der Waals surface area contributed by atoms with Gasteiger partial charge in [0.05, 0.1) is 24.9 Å². The van der Waals surface area contributed by atoms with Crippen molar-refractivity contribution in [2.75, 3.05) is 20.2 Å². The highest BCUT2D eigenvalue weighted by Gasteiger charge is 2.13. The van der Waals surface area contributed by atoms with Crippen LogP contribution in [-0.4, -0.2) is 48.0 Å². The highest BCUT2D eigenvalue weighted by Crippen LogP contribution is 2.24. The molecule has 0 aliphatic rings. The summed E-state index contributed by atoms with van der Waals surface area (Å²) in [5, 5.41) is 5.80. The van der Waals surface area contributed by atoms with Gasteiger partial charge in [0.15, 0.2) is 0 Å². The SMILES string of the molecule is CCN(CC(=O)NC(C)C)Cc1csc(-c2ccc(C(=O)OC)cc2)n1. The molecule has 6 nitrogen and oxygen atoms in total. The molecule has 0 spiro atoms. The van der Waals surface area contributed by atoms with Gasteiger partial charge < -0.3 is 10.1 Å². The lowest BCUT2D eigenvalue weighted by molar-refractivity contribution is -0.122. The van der Waals surface area contributed by atoms with Crippen LogP contribution in [-0.2, 0) is 16.1 Å². The number of amides is 1. The van der Waals surface area contributed by atoms with Crippen LogP contribution in [0, 0.1) is 0 Å². The molecule has 1 amide bonds. The molecule has 26 heavy (non-hydrogen) atoms. The molecular weight excluding hydrogens is 350 g/mol. The summed E-state index contributed by atoms with van der Waals surface area (Å²) in [6.45, 7) is 7.68. The number of aromatic nitrogens is 1. The first-order chi connectivity index (χ1) is 12.4. The van der Waals surface area contributed by atoms with Crippen LogP contribution in [0.15, 0.2) is 29.6 Å². The summed E-state index contributed by atoms with van der Waals surface area (Å²) in [5.41, 5.74) is 2.40. The zero-order valence-electron chi connectivity index (χ0n) is 15.6. The maximum Gasteiger partial charge on any atom is 0.337 e. The van der Waals surface area contributed by atoms with Gasteiger partial charge in [-0.15, -0.1) is 11.3 Å². The molecular formula is C19H25N3O3S. The average molecular weight is 375 g/mol. The van der Waals surface area contributed by atoms with Crippen molar-refractivity contribution in [1.29, 1.82) is 0 Å². The minimum Gasteiger partial charge on any atom is -0.465 e. The zero-order valence-corrected chi connectivity index (χ0v) is 16.4. The number of ether oxygens (including phenoxy) is 1. The summed E-state index contributed by atoms with van der Waals surface area (Å²) in [7, 11) is 1.37. The van der Waals surface area contributed by atoms with E-state index in [9.17, 15) is 9.59 Å². The topological polar surface area (TPSA) is 71.5 Å². The normalized spacial score (nSPS) is 11.0. The molecule has 0 saturated heterocycles. The van der Waals surface area contributed by atoms with Gasteiger partial charge >= 0.3 is 5.97 Å². The molecule has 1 aromatic heterocycles. The molecule has 1 aromatic carbocycles. The monoisotopic (exact) mass is 375 g/mol. The molecule has 0 fully saturated rings. The first-order valence-electron chi connectivity index (χ1n) is 8.57. The van der Waals surface area contributed by atoms with Gasteiger partial charge in [0.25, 0.3) is 0 Å². The molecule has 0 radical (unpaired) electrons. The number of carbonyl (C=O) groups excluding carboxylic acids is 2. The number of benzene rings is 1. The van der Waals surface area contributed by atoms with Crippen LogP contribution in [0.3, 0.4) is 0 Å². The van der Waals surface area contributed by atoms with Crippen LogP contribution >= 0.6 is 11.3 Å². The molecule has 2 rings (SSSR count). The number of nitrogens with zero attached hydrogens (tertiary/aromatic N) is 2. The number of likely N-dealkylation sites (N-methyl/N-ethyl adjacent to an activating group) is 1. The lowest BCUT2D eigenvalue weighted by Gasteiger charge is -2.19. The maximum atomic E-state index is 11.9. The van der Waals surface area contributed by atoms with E-state index < -0.39 is 0 Å². The van der Waals surface area contributed by atoms with E-state index in [-0.39, 0.29) is 17.9 Å². The molecule has 140 valence electrons. The minimum absolute atomic E-state index is 0.0238. The number of carbonyl (C=O) groups is 2. The molecule has 0 saturated carbocycles. The Labute approximate surface area is 158 Å². The lowest BCUT2D eigenvalue weighted by Crippen LogP contribution is -2.39. The fourth-order valence-corrected chi connectivity index (χ4v) is 3.28. The predicted octanol–water partition coefficient (Wildman–Crippen LogP) is 2.94. The fourth-order valence-electron chi connectivity index (χ4n) is 2.46. The number of methoxy groups -OCH3 is 1. The number of hydrogen-bond donors (Lipinski definition) is 1. The Kier molecular flexibility index (Phi) is 7.29. The van der Waals surface area contributed by atoms with Crippen LogP contribution in [0.4, 0.5) is 0 Å². The van der Waals surface area contributed by atoms with E-state index in [0.717, 1.165) is 22.8 Å². The van der Waals surface area contributed by atoms with Crippen molar-refractivity contribution in [3.05, 3.63) is 40.9 Å². The van der Waals surface area contributed by atoms with E-state index in [1.54, 1.807) is 23.5 Å². The van der Waals surface area contributed by atoms with Crippen LogP contribution < -0.4 is 5.32 Å². The standard InChI is InChI=1S/C19H25N3O3S/c1-5-22(11-17(23)20-13(2)3)10-16-12-26-18(21-16)14-6-8-15(9-7-14)19(24)25-4/h6-9,12-13H,5,10-11H2,1-4H3,(H,20,23). The Morgan fingerprint density at radius 2 is 1.96 bits per heavy atom. The third-order valence-corrected chi connectivity index (χ3v) is 4.69. The van der Waals surface area contributed by atoms with E-state index in [4.69, 9.17) is 4.74 Å². The Hall–Kier alpha value is -2.25. The number of thiazole rings is 1. The predicted molar refractivity (Wildman–Crippen MR) is 103 cm³/mol. The number of rotatable bonds is 8. The van der Waals surface area contributed by atoms with Crippen LogP contribution in [0.1, 0.15) is 36.8 Å². The van der Waals surface area contributed by atoms with Crippen molar-refractivity contribution in [3.8, 4) is 10.6 Å². The van der Waals surface area contributed by atoms with Gasteiger partial charge in [0.1, 0.15) is 5.01 Å². The second-order valence-corrected chi connectivity index (χ2v) is 7.10. The quantitative estimate of drug-likeness (QED) is 0.718. The zero-order chi connectivity index (χ0) is 19.1. The van der Waals surface area contributed by atoms with Crippen LogP contribution in [0.5, 0.6) is 0 Å². The molecule has 0 atom stereocenters. The van der Waals surface area contributed by atoms with Gasteiger partial charge in [-0.25, -0.2) is 9.78 Å². The van der Waals surface area contributed by atoms with Gasteiger partial charge in [-0.1, -0.05) is 19.1 Å². The Morgan fingerprint density at radius 1 is 1.27 bits per heavy atom. The molecule has 7 heteroatoms. The molecule has 0 aliphatic carbocycles. The Balaban J connectivity index is 2.02. The highest BCUT2D eigenvalue weighted by atomic mass is 32.1. The minimum atomic E-state index is -0.352. The average Bonchev–Trinajstić information content (AvgIpc) is 3.08. The summed E-state index contributed by atoms with van der Waals surface area (Å²) in [6, 6.07) is 7.33. The van der Waals surface area contributed by atoms with Crippen molar-refractivity contribution >= 4 is 23.2 Å². The van der Waals surface area contributed by atoms with Gasteiger partial charge in [-0.3, -0.25) is 9.69 Å². The fraction of sp³-hybridized carbons (Fsp3) is 0.421. The Bertz CT molecular complexity index is 741. The van der Waals surface area contributed by atoms with Crippen molar-refractivity contribution < 1.29 is 14.3 Å². The molecule has 2 aromatic rings. The molecule has 1 N–H and O–H groups in total. The molecule has 0 aliphatic heterocycles. The first-order valence-corrected chi connectivity index (χ1v) is 9.45. The summed E-state index contributed by atoms with van der Waals surface area (Å²) in [6.07, 6.45) is 0. The van der Waals surface area contributed by atoms with Gasteiger partial charge in [-0.2, -0.15) is 0 Å². The number of hydrogen-bond acceptors (Lipinski definition) is 6. The van der Waals surface area contributed by atoms with Crippen LogP contribution in [0.2, 0.25) is 0 Å². The molecule has 1 heterocycles. The number of esters is 1. The van der Waals surface area contributed by atoms with Gasteiger partial charge in [0.2, 0.25) is 5.91 Å². The smallest absolute Gasteiger partial charge is 0.337 e. The second-order valence-electron chi connectivity index (χ2n) is 6.24. The van der Waals surface area contributed by atoms with Gasteiger partial charge in [-0.05, 0) is 32.5 Å². The lowest BCUT2D eigenvalue weighted by atomic mass is 10.1. The van der Waals surface area contributed by atoms with Crippen molar-refractivity contribution in [2.24, 2.45) is 0 Å². The van der Waals surface area contributed by atoms with E-state index >= 15 is 0 Å². The first kappa shape index (κ1) is 20.1. The maximum absolute atomic E-state index is 11.9.